The van der Waals surface area contributed by atoms with Crippen molar-refractivity contribution in [3.05, 3.63) is 29.8 Å². The van der Waals surface area contributed by atoms with Gasteiger partial charge >= 0.3 is 0 Å². The monoisotopic (exact) mass is 389 g/mol. The zero-order valence-corrected chi connectivity index (χ0v) is 15.8. The Bertz CT molecular complexity index is 690. The van der Waals surface area contributed by atoms with Crippen molar-refractivity contribution in [1.82, 2.24) is 14.5 Å². The highest BCUT2D eigenvalue weighted by molar-refractivity contribution is 7.89. The second-order valence-corrected chi connectivity index (χ2v) is 7.99. The second-order valence-electron chi connectivity index (χ2n) is 6.10. The summed E-state index contributed by atoms with van der Waals surface area (Å²) >= 11 is 0. The lowest BCUT2D eigenvalue weighted by molar-refractivity contribution is 0.0303. The Balaban J connectivity index is 0.00000225. The third-order valence-corrected chi connectivity index (χ3v) is 6.47. The first kappa shape index (κ1) is 20.1. The van der Waals surface area contributed by atoms with E-state index in [4.69, 9.17) is 4.74 Å². The third kappa shape index (κ3) is 4.32. The van der Waals surface area contributed by atoms with Crippen LogP contribution in [0.2, 0.25) is 0 Å². The van der Waals surface area contributed by atoms with Crippen LogP contribution in [0.1, 0.15) is 17.3 Å². The number of benzene rings is 1. The van der Waals surface area contributed by atoms with Gasteiger partial charge in [-0.2, -0.15) is 4.31 Å². The summed E-state index contributed by atoms with van der Waals surface area (Å²) in [5.74, 6) is -0.0854. The highest BCUT2D eigenvalue weighted by Gasteiger charge is 2.31. The molecule has 7 nitrogen and oxygen atoms in total. The second kappa shape index (κ2) is 8.46. The largest absolute Gasteiger partial charge is 0.378 e. The summed E-state index contributed by atoms with van der Waals surface area (Å²) < 4.78 is 32.3. The SMILES string of the molecule is CC1CNCCN1S(=O)(=O)c1ccc(C(=O)N2CCOCC2)cc1.Cl. The summed E-state index contributed by atoms with van der Waals surface area (Å²) in [6.07, 6.45) is 0. The molecule has 140 valence electrons. The number of ether oxygens (including phenoxy) is 1. The molecule has 2 aliphatic rings. The number of sulfonamides is 1. The molecule has 2 saturated heterocycles. The van der Waals surface area contributed by atoms with Gasteiger partial charge in [-0.25, -0.2) is 8.42 Å². The van der Waals surface area contributed by atoms with E-state index in [1.165, 1.54) is 16.4 Å². The van der Waals surface area contributed by atoms with Crippen LogP contribution in [0, 0.1) is 0 Å². The first-order valence-corrected chi connectivity index (χ1v) is 9.64. The van der Waals surface area contributed by atoms with Crippen LogP contribution < -0.4 is 5.32 Å². The smallest absolute Gasteiger partial charge is 0.254 e. The maximum Gasteiger partial charge on any atom is 0.254 e. The fourth-order valence-electron chi connectivity index (χ4n) is 3.03. The first-order valence-electron chi connectivity index (χ1n) is 8.20. The van der Waals surface area contributed by atoms with Gasteiger partial charge < -0.3 is 15.0 Å². The minimum absolute atomic E-state index is 0. The van der Waals surface area contributed by atoms with Gasteiger partial charge in [0.05, 0.1) is 18.1 Å². The van der Waals surface area contributed by atoms with E-state index in [1.54, 1.807) is 17.0 Å². The predicted octanol–water partition coefficient (Wildman–Crippen LogP) is 0.563. The Morgan fingerprint density at radius 2 is 1.80 bits per heavy atom. The average molecular weight is 390 g/mol. The van der Waals surface area contributed by atoms with Crippen LogP contribution in [0.5, 0.6) is 0 Å². The minimum Gasteiger partial charge on any atom is -0.378 e. The molecule has 0 bridgehead atoms. The number of nitrogens with one attached hydrogen (secondary N) is 1. The standard InChI is InChI=1S/C16H23N3O4S.ClH/c1-13-12-17-6-7-19(13)24(21,22)15-4-2-14(3-5-15)16(20)18-8-10-23-11-9-18;/h2-5,13,17H,6-12H2,1H3;1H. The molecule has 2 fully saturated rings. The summed E-state index contributed by atoms with van der Waals surface area (Å²) in [6.45, 7) is 5.86. The molecule has 1 aromatic rings. The molecule has 25 heavy (non-hydrogen) atoms. The molecule has 0 spiro atoms. The van der Waals surface area contributed by atoms with Crippen LogP contribution in [0.25, 0.3) is 0 Å². The molecule has 2 aliphatic heterocycles. The number of piperazine rings is 1. The summed E-state index contributed by atoms with van der Waals surface area (Å²) in [5.41, 5.74) is 0.504. The molecular weight excluding hydrogens is 366 g/mol. The van der Waals surface area contributed by atoms with Crippen molar-refractivity contribution in [3.63, 3.8) is 0 Å². The normalized spacial score (nSPS) is 22.3. The number of carbonyl (C=O) groups excluding carboxylic acids is 1. The quantitative estimate of drug-likeness (QED) is 0.817. The number of carbonyl (C=O) groups is 1. The topological polar surface area (TPSA) is 79.0 Å². The number of hydrogen-bond acceptors (Lipinski definition) is 5. The van der Waals surface area contributed by atoms with Crippen molar-refractivity contribution in [2.45, 2.75) is 17.9 Å². The average Bonchev–Trinajstić information content (AvgIpc) is 2.62. The van der Waals surface area contributed by atoms with Crippen molar-refractivity contribution < 1.29 is 17.9 Å². The summed E-state index contributed by atoms with van der Waals surface area (Å²) in [5, 5.41) is 3.18. The highest BCUT2D eigenvalue weighted by Crippen LogP contribution is 2.20. The van der Waals surface area contributed by atoms with Gasteiger partial charge in [0.25, 0.3) is 5.91 Å². The summed E-state index contributed by atoms with van der Waals surface area (Å²) in [4.78, 5) is 14.4. The van der Waals surface area contributed by atoms with E-state index < -0.39 is 10.0 Å². The van der Waals surface area contributed by atoms with E-state index in [9.17, 15) is 13.2 Å². The molecule has 1 unspecified atom stereocenters. The van der Waals surface area contributed by atoms with Crippen molar-refractivity contribution in [2.24, 2.45) is 0 Å². The van der Waals surface area contributed by atoms with E-state index in [2.05, 4.69) is 5.32 Å². The predicted molar refractivity (Wildman–Crippen MR) is 96.6 cm³/mol. The molecule has 0 saturated carbocycles. The molecule has 1 N–H and O–H groups in total. The maximum absolute atomic E-state index is 12.8. The van der Waals surface area contributed by atoms with Gasteiger partial charge in [0.1, 0.15) is 0 Å². The minimum atomic E-state index is -3.53. The number of amides is 1. The highest BCUT2D eigenvalue weighted by atomic mass is 35.5. The van der Waals surface area contributed by atoms with Crippen LogP contribution >= 0.6 is 12.4 Å². The Kier molecular flexibility index (Phi) is 6.81. The molecule has 9 heteroatoms. The lowest BCUT2D eigenvalue weighted by Crippen LogP contribution is -2.52. The van der Waals surface area contributed by atoms with Crippen molar-refractivity contribution >= 4 is 28.3 Å². The Hall–Kier alpha value is -1.19. The van der Waals surface area contributed by atoms with Gasteiger partial charge in [0, 0.05) is 44.3 Å². The van der Waals surface area contributed by atoms with Gasteiger partial charge in [-0.05, 0) is 31.2 Å². The molecule has 1 aromatic carbocycles. The number of hydrogen-bond donors (Lipinski definition) is 1. The first-order chi connectivity index (χ1) is 11.5. The van der Waals surface area contributed by atoms with Gasteiger partial charge in [-0.15, -0.1) is 12.4 Å². The summed E-state index contributed by atoms with van der Waals surface area (Å²) in [6, 6.07) is 6.16. The zero-order valence-electron chi connectivity index (χ0n) is 14.2. The van der Waals surface area contributed by atoms with Crippen LogP contribution in [-0.4, -0.2) is 75.5 Å². The van der Waals surface area contributed by atoms with Gasteiger partial charge in [-0.3, -0.25) is 4.79 Å². The van der Waals surface area contributed by atoms with E-state index in [0.717, 1.165) is 0 Å². The number of morpholine rings is 1. The third-order valence-electron chi connectivity index (χ3n) is 4.45. The van der Waals surface area contributed by atoms with Crippen LogP contribution in [0.4, 0.5) is 0 Å². The molecule has 2 heterocycles. The molecular formula is C16H24ClN3O4S. The zero-order chi connectivity index (χ0) is 17.2. The summed E-state index contributed by atoms with van der Waals surface area (Å²) in [7, 11) is -3.53. The molecule has 1 amide bonds. The van der Waals surface area contributed by atoms with Crippen molar-refractivity contribution in [2.75, 3.05) is 45.9 Å². The molecule has 0 aromatic heterocycles. The van der Waals surface area contributed by atoms with Crippen LogP contribution in [0.15, 0.2) is 29.2 Å². The molecule has 1 atom stereocenters. The molecule has 3 rings (SSSR count). The van der Waals surface area contributed by atoms with Gasteiger partial charge in [-0.1, -0.05) is 0 Å². The molecule has 0 aliphatic carbocycles. The van der Waals surface area contributed by atoms with E-state index in [0.29, 0.717) is 51.5 Å². The lowest BCUT2D eigenvalue weighted by Gasteiger charge is -2.32. The Morgan fingerprint density at radius 3 is 2.40 bits per heavy atom. The van der Waals surface area contributed by atoms with Gasteiger partial charge in [0.15, 0.2) is 0 Å². The van der Waals surface area contributed by atoms with Crippen molar-refractivity contribution in [3.8, 4) is 0 Å². The number of rotatable bonds is 3. The molecule has 0 radical (unpaired) electrons. The Morgan fingerprint density at radius 1 is 1.16 bits per heavy atom. The van der Waals surface area contributed by atoms with E-state index >= 15 is 0 Å². The van der Waals surface area contributed by atoms with E-state index in [1.807, 2.05) is 6.92 Å². The Labute approximate surface area is 154 Å². The van der Waals surface area contributed by atoms with E-state index in [-0.39, 0.29) is 29.3 Å². The lowest BCUT2D eigenvalue weighted by atomic mass is 10.2. The fourth-order valence-corrected chi connectivity index (χ4v) is 4.66. The maximum atomic E-state index is 12.8. The van der Waals surface area contributed by atoms with Crippen LogP contribution in [0.3, 0.4) is 0 Å². The number of halogens is 1. The number of nitrogens with zero attached hydrogens (tertiary/aromatic N) is 2. The van der Waals surface area contributed by atoms with Crippen molar-refractivity contribution in [1.29, 1.82) is 0 Å². The van der Waals surface area contributed by atoms with Gasteiger partial charge in [0.2, 0.25) is 10.0 Å². The fraction of sp³-hybridized carbons (Fsp3) is 0.562. The van der Waals surface area contributed by atoms with Crippen LogP contribution in [-0.2, 0) is 14.8 Å².